The molecular formula is C16H23NO2. The summed E-state index contributed by atoms with van der Waals surface area (Å²) >= 11 is 0. The molecule has 0 bridgehead atoms. The molecule has 1 fully saturated rings. The molecule has 0 unspecified atom stereocenters. The van der Waals surface area contributed by atoms with Crippen LogP contribution in [0.15, 0.2) is 24.3 Å². The molecule has 0 aliphatic heterocycles. The maximum Gasteiger partial charge on any atom is 0.254 e. The van der Waals surface area contributed by atoms with E-state index >= 15 is 0 Å². The zero-order valence-corrected chi connectivity index (χ0v) is 11.6. The third-order valence-electron chi connectivity index (χ3n) is 3.88. The molecule has 0 radical (unpaired) electrons. The molecule has 1 aliphatic carbocycles. The first-order valence-corrected chi connectivity index (χ1v) is 7.21. The fourth-order valence-corrected chi connectivity index (χ4v) is 2.89. The van der Waals surface area contributed by atoms with E-state index in [4.69, 9.17) is 0 Å². The van der Waals surface area contributed by atoms with Gasteiger partial charge in [0.05, 0.1) is 6.61 Å². The van der Waals surface area contributed by atoms with Crippen LogP contribution in [0.1, 0.15) is 48.0 Å². The second kappa shape index (κ2) is 6.71. The average Bonchev–Trinajstić information content (AvgIpc) is 2.45. The molecule has 3 heteroatoms. The smallest absolute Gasteiger partial charge is 0.254 e. The fraction of sp³-hybridized carbons (Fsp3) is 0.562. The number of carbonyl (C=O) groups excluding carboxylic acids is 1. The van der Waals surface area contributed by atoms with Gasteiger partial charge in [-0.05, 0) is 31.9 Å². The van der Waals surface area contributed by atoms with Crippen molar-refractivity contribution in [3.8, 4) is 0 Å². The van der Waals surface area contributed by atoms with Crippen molar-refractivity contribution in [1.29, 1.82) is 0 Å². The van der Waals surface area contributed by atoms with Gasteiger partial charge >= 0.3 is 0 Å². The van der Waals surface area contributed by atoms with Crippen molar-refractivity contribution in [3.05, 3.63) is 35.4 Å². The van der Waals surface area contributed by atoms with Crippen molar-refractivity contribution >= 4 is 5.91 Å². The number of aliphatic hydroxyl groups is 1. The van der Waals surface area contributed by atoms with Crippen molar-refractivity contribution in [2.45, 2.75) is 45.1 Å². The van der Waals surface area contributed by atoms with E-state index < -0.39 is 0 Å². The van der Waals surface area contributed by atoms with E-state index in [0.717, 1.165) is 24.0 Å². The molecule has 19 heavy (non-hydrogen) atoms. The highest BCUT2D eigenvalue weighted by Gasteiger charge is 2.25. The summed E-state index contributed by atoms with van der Waals surface area (Å²) in [6, 6.07) is 8.00. The topological polar surface area (TPSA) is 40.5 Å². The largest absolute Gasteiger partial charge is 0.395 e. The molecule has 0 heterocycles. The monoisotopic (exact) mass is 261 g/mol. The van der Waals surface area contributed by atoms with Crippen molar-refractivity contribution in [1.82, 2.24) is 4.90 Å². The lowest BCUT2D eigenvalue weighted by Gasteiger charge is -2.34. The summed E-state index contributed by atoms with van der Waals surface area (Å²) in [6.45, 7) is 2.47. The number of hydrogen-bond donors (Lipinski definition) is 1. The van der Waals surface area contributed by atoms with Crippen LogP contribution < -0.4 is 0 Å². The van der Waals surface area contributed by atoms with Crippen molar-refractivity contribution in [3.63, 3.8) is 0 Å². The quantitative estimate of drug-likeness (QED) is 0.905. The molecule has 0 spiro atoms. The van der Waals surface area contributed by atoms with Crippen LogP contribution in [0.4, 0.5) is 0 Å². The van der Waals surface area contributed by atoms with Gasteiger partial charge in [0.25, 0.3) is 5.91 Å². The minimum atomic E-state index is 0.0358. The van der Waals surface area contributed by atoms with Gasteiger partial charge in [-0.3, -0.25) is 4.79 Å². The fourth-order valence-electron chi connectivity index (χ4n) is 2.89. The van der Waals surface area contributed by atoms with Gasteiger partial charge in [0.15, 0.2) is 0 Å². The first-order valence-electron chi connectivity index (χ1n) is 7.21. The molecule has 1 saturated carbocycles. The Hall–Kier alpha value is -1.35. The van der Waals surface area contributed by atoms with Gasteiger partial charge in [0.1, 0.15) is 0 Å². The molecule has 3 nitrogen and oxygen atoms in total. The van der Waals surface area contributed by atoms with Crippen LogP contribution in [0.25, 0.3) is 0 Å². The van der Waals surface area contributed by atoms with E-state index in [1.54, 1.807) is 0 Å². The predicted octanol–water partition coefficient (Wildman–Crippen LogP) is 2.76. The number of aliphatic hydroxyl groups excluding tert-OH is 1. The Balaban J connectivity index is 2.15. The highest BCUT2D eigenvalue weighted by molar-refractivity contribution is 5.94. The van der Waals surface area contributed by atoms with Gasteiger partial charge in [-0.25, -0.2) is 0 Å². The lowest BCUT2D eigenvalue weighted by atomic mass is 9.93. The summed E-state index contributed by atoms with van der Waals surface area (Å²) in [7, 11) is 0. The maximum absolute atomic E-state index is 12.6. The van der Waals surface area contributed by atoms with Crippen LogP contribution >= 0.6 is 0 Å². The molecule has 0 atom stereocenters. The molecule has 1 aromatic carbocycles. The molecule has 1 aromatic rings. The standard InChI is InChI=1S/C16H23NO2/c1-13-6-5-7-14(12-13)16(19)17(10-11-18)15-8-3-2-4-9-15/h5-7,12,15,18H,2-4,8-11H2,1H3. The summed E-state index contributed by atoms with van der Waals surface area (Å²) in [6.07, 6.45) is 5.78. The molecule has 1 N–H and O–H groups in total. The first-order chi connectivity index (χ1) is 9.22. The summed E-state index contributed by atoms with van der Waals surface area (Å²) in [5.74, 6) is 0.0599. The zero-order chi connectivity index (χ0) is 13.7. The average molecular weight is 261 g/mol. The lowest BCUT2D eigenvalue weighted by Crippen LogP contribution is -2.43. The Kier molecular flexibility index (Phi) is 4.97. The van der Waals surface area contributed by atoms with E-state index in [-0.39, 0.29) is 12.5 Å². The minimum Gasteiger partial charge on any atom is -0.395 e. The van der Waals surface area contributed by atoms with Crippen LogP contribution in [-0.4, -0.2) is 35.1 Å². The zero-order valence-electron chi connectivity index (χ0n) is 11.6. The number of amides is 1. The lowest BCUT2D eigenvalue weighted by molar-refractivity contribution is 0.0585. The molecule has 0 aromatic heterocycles. The Morgan fingerprint density at radius 1 is 1.32 bits per heavy atom. The molecule has 104 valence electrons. The molecular weight excluding hydrogens is 238 g/mol. The summed E-state index contributed by atoms with van der Waals surface area (Å²) in [5.41, 5.74) is 1.83. The van der Waals surface area contributed by atoms with E-state index in [9.17, 15) is 9.90 Å². The first kappa shape index (κ1) is 14.1. The molecule has 1 amide bonds. The van der Waals surface area contributed by atoms with Gasteiger partial charge in [-0.15, -0.1) is 0 Å². The number of hydrogen-bond acceptors (Lipinski definition) is 2. The van der Waals surface area contributed by atoms with Crippen molar-refractivity contribution < 1.29 is 9.90 Å². The molecule has 2 rings (SSSR count). The SMILES string of the molecule is Cc1cccc(C(=O)N(CCO)C2CCCCC2)c1. The van der Waals surface area contributed by atoms with Crippen molar-refractivity contribution in [2.24, 2.45) is 0 Å². The van der Waals surface area contributed by atoms with E-state index in [1.807, 2.05) is 36.1 Å². The molecule has 0 saturated heterocycles. The van der Waals surface area contributed by atoms with Gasteiger partial charge in [0, 0.05) is 18.2 Å². The molecule has 1 aliphatic rings. The minimum absolute atomic E-state index is 0.0358. The Bertz CT molecular complexity index is 425. The van der Waals surface area contributed by atoms with Gasteiger partial charge < -0.3 is 10.0 Å². The number of aryl methyl sites for hydroxylation is 1. The third kappa shape index (κ3) is 3.57. The highest BCUT2D eigenvalue weighted by Crippen LogP contribution is 2.24. The van der Waals surface area contributed by atoms with Crippen LogP contribution in [0.2, 0.25) is 0 Å². The van der Waals surface area contributed by atoms with Gasteiger partial charge in [-0.1, -0.05) is 37.0 Å². The highest BCUT2D eigenvalue weighted by atomic mass is 16.3. The maximum atomic E-state index is 12.6. The number of carbonyl (C=O) groups is 1. The number of nitrogens with zero attached hydrogens (tertiary/aromatic N) is 1. The summed E-state index contributed by atoms with van der Waals surface area (Å²) in [4.78, 5) is 14.5. The van der Waals surface area contributed by atoms with Crippen molar-refractivity contribution in [2.75, 3.05) is 13.2 Å². The Morgan fingerprint density at radius 3 is 2.68 bits per heavy atom. The van der Waals surface area contributed by atoms with Gasteiger partial charge in [-0.2, -0.15) is 0 Å². The third-order valence-corrected chi connectivity index (χ3v) is 3.88. The second-order valence-electron chi connectivity index (χ2n) is 5.38. The Morgan fingerprint density at radius 2 is 2.05 bits per heavy atom. The van der Waals surface area contributed by atoms with Crippen LogP contribution in [0, 0.1) is 6.92 Å². The van der Waals surface area contributed by atoms with Crippen LogP contribution in [0.5, 0.6) is 0 Å². The number of rotatable bonds is 4. The summed E-state index contributed by atoms with van der Waals surface area (Å²) < 4.78 is 0. The predicted molar refractivity (Wildman–Crippen MR) is 76.2 cm³/mol. The summed E-state index contributed by atoms with van der Waals surface area (Å²) in [5, 5.41) is 9.22. The normalized spacial score (nSPS) is 16.3. The van der Waals surface area contributed by atoms with Gasteiger partial charge in [0.2, 0.25) is 0 Å². The van der Waals surface area contributed by atoms with Crippen LogP contribution in [-0.2, 0) is 0 Å². The van der Waals surface area contributed by atoms with Crippen LogP contribution in [0.3, 0.4) is 0 Å². The van der Waals surface area contributed by atoms with E-state index in [2.05, 4.69) is 0 Å². The Labute approximate surface area is 115 Å². The number of benzene rings is 1. The second-order valence-corrected chi connectivity index (χ2v) is 5.38. The van der Waals surface area contributed by atoms with E-state index in [0.29, 0.717) is 12.6 Å². The van der Waals surface area contributed by atoms with E-state index in [1.165, 1.54) is 19.3 Å².